The van der Waals surface area contributed by atoms with Crippen LogP contribution in [-0.2, 0) is 9.47 Å². The minimum atomic E-state index is -1.08. The van der Waals surface area contributed by atoms with E-state index in [1.807, 2.05) is 0 Å². The Labute approximate surface area is 143 Å². The zero-order valence-corrected chi connectivity index (χ0v) is 14.3. The second-order valence-corrected chi connectivity index (χ2v) is 5.54. The molecule has 2 aromatic rings. The molecule has 0 fully saturated rings. The third-order valence-electron chi connectivity index (χ3n) is 3.81. The van der Waals surface area contributed by atoms with Gasteiger partial charge in [-0.2, -0.15) is 0 Å². The fraction of sp³-hybridized carbons (Fsp3) is 0.278. The summed E-state index contributed by atoms with van der Waals surface area (Å²) in [7, 11) is 1.25. The summed E-state index contributed by atoms with van der Waals surface area (Å²) in [6, 6.07) is 4.80. The number of hydrogen-bond acceptors (Lipinski definition) is 5. The molecule has 7 heteroatoms. The van der Waals surface area contributed by atoms with Gasteiger partial charge in [0.05, 0.1) is 23.9 Å². The first-order valence-electron chi connectivity index (χ1n) is 7.54. The van der Waals surface area contributed by atoms with Crippen molar-refractivity contribution >= 4 is 17.7 Å². The lowest BCUT2D eigenvalue weighted by Crippen LogP contribution is -2.25. The number of Topliss-reactive ketones (excluding diaryl/α,β-unsaturated/α-hetero) is 1. The van der Waals surface area contributed by atoms with Crippen molar-refractivity contribution in [1.82, 2.24) is 4.98 Å². The van der Waals surface area contributed by atoms with E-state index in [2.05, 4.69) is 4.98 Å². The van der Waals surface area contributed by atoms with E-state index in [-0.39, 0.29) is 16.8 Å². The Morgan fingerprint density at radius 3 is 2.24 bits per heavy atom. The molecule has 1 atom stereocenters. The monoisotopic (exact) mass is 347 g/mol. The van der Waals surface area contributed by atoms with Gasteiger partial charge < -0.3 is 14.5 Å². The molecular formula is C18H18FNO5. The highest BCUT2D eigenvalue weighted by atomic mass is 19.1. The Hall–Kier alpha value is -2.96. The van der Waals surface area contributed by atoms with Gasteiger partial charge in [0.1, 0.15) is 5.82 Å². The number of methoxy groups -OCH3 is 1. The number of ether oxygens (including phenoxy) is 2. The Balaban J connectivity index is 2.19. The van der Waals surface area contributed by atoms with Crippen molar-refractivity contribution in [1.29, 1.82) is 0 Å². The maximum Gasteiger partial charge on any atom is 0.339 e. The molecule has 0 amide bonds. The molecule has 2 rings (SSSR count). The number of ketones is 1. The van der Waals surface area contributed by atoms with Crippen LogP contribution in [0.5, 0.6) is 0 Å². The normalized spacial score (nSPS) is 11.7. The predicted molar refractivity (Wildman–Crippen MR) is 87.2 cm³/mol. The Morgan fingerprint density at radius 2 is 1.68 bits per heavy atom. The molecule has 0 saturated heterocycles. The molecule has 0 aliphatic carbocycles. The average Bonchev–Trinajstić information content (AvgIpc) is 2.88. The molecule has 0 saturated carbocycles. The van der Waals surface area contributed by atoms with E-state index in [0.29, 0.717) is 11.3 Å². The van der Waals surface area contributed by atoms with Crippen LogP contribution in [0.15, 0.2) is 24.3 Å². The lowest BCUT2D eigenvalue weighted by molar-refractivity contribution is 0.0316. The number of hydrogen-bond donors (Lipinski definition) is 1. The summed E-state index contributed by atoms with van der Waals surface area (Å²) < 4.78 is 22.7. The largest absolute Gasteiger partial charge is 0.465 e. The number of aromatic amines is 1. The van der Waals surface area contributed by atoms with E-state index in [0.717, 1.165) is 12.1 Å². The first-order chi connectivity index (χ1) is 11.8. The van der Waals surface area contributed by atoms with Crippen LogP contribution in [0, 0.1) is 19.7 Å². The van der Waals surface area contributed by atoms with Gasteiger partial charge in [-0.3, -0.25) is 4.79 Å². The Kier molecular flexibility index (Phi) is 5.36. The first kappa shape index (κ1) is 18.4. The number of carbonyl (C=O) groups is 3. The number of carbonyl (C=O) groups excluding carboxylic acids is 3. The molecule has 6 nitrogen and oxygen atoms in total. The van der Waals surface area contributed by atoms with Gasteiger partial charge in [-0.1, -0.05) is 0 Å². The number of aromatic nitrogens is 1. The summed E-state index contributed by atoms with van der Waals surface area (Å²) in [4.78, 5) is 39.2. The number of nitrogens with one attached hydrogen (secondary N) is 1. The molecule has 0 spiro atoms. The molecule has 25 heavy (non-hydrogen) atoms. The van der Waals surface area contributed by atoms with Crippen LogP contribution >= 0.6 is 0 Å². The summed E-state index contributed by atoms with van der Waals surface area (Å²) in [6.07, 6.45) is -1.08. The molecular weight excluding hydrogens is 329 g/mol. The second kappa shape index (κ2) is 7.29. The summed E-state index contributed by atoms with van der Waals surface area (Å²) in [5, 5.41) is 0. The summed E-state index contributed by atoms with van der Waals surface area (Å²) in [5.74, 6) is -2.25. The second-order valence-electron chi connectivity index (χ2n) is 5.54. The van der Waals surface area contributed by atoms with Gasteiger partial charge in [0.2, 0.25) is 5.78 Å². The highest BCUT2D eigenvalue weighted by Gasteiger charge is 2.27. The van der Waals surface area contributed by atoms with Crippen LogP contribution in [0.2, 0.25) is 0 Å². The number of esters is 2. The highest BCUT2D eigenvalue weighted by Crippen LogP contribution is 2.21. The smallest absolute Gasteiger partial charge is 0.339 e. The van der Waals surface area contributed by atoms with Gasteiger partial charge >= 0.3 is 11.9 Å². The van der Waals surface area contributed by atoms with E-state index < -0.39 is 29.6 Å². The number of rotatable bonds is 5. The maximum absolute atomic E-state index is 12.9. The fourth-order valence-electron chi connectivity index (χ4n) is 2.48. The van der Waals surface area contributed by atoms with Crippen molar-refractivity contribution < 1.29 is 28.2 Å². The highest BCUT2D eigenvalue weighted by molar-refractivity contribution is 6.04. The van der Waals surface area contributed by atoms with Crippen molar-refractivity contribution in [2.75, 3.05) is 7.11 Å². The molecule has 1 aromatic heterocycles. The lowest BCUT2D eigenvalue weighted by Gasteiger charge is -2.12. The van der Waals surface area contributed by atoms with Crippen LogP contribution < -0.4 is 0 Å². The first-order valence-corrected chi connectivity index (χ1v) is 7.54. The van der Waals surface area contributed by atoms with E-state index >= 15 is 0 Å². The molecule has 1 heterocycles. The molecule has 1 N–H and O–H groups in total. The predicted octanol–water partition coefficient (Wildman–Crippen LogP) is 2.99. The van der Waals surface area contributed by atoms with Crippen LogP contribution in [0.1, 0.15) is 49.4 Å². The third kappa shape index (κ3) is 3.76. The topological polar surface area (TPSA) is 85.5 Å². The molecule has 1 aromatic carbocycles. The van der Waals surface area contributed by atoms with E-state index in [1.165, 1.54) is 26.2 Å². The third-order valence-corrected chi connectivity index (χ3v) is 3.81. The van der Waals surface area contributed by atoms with Crippen LogP contribution in [0.3, 0.4) is 0 Å². The van der Waals surface area contributed by atoms with E-state index in [9.17, 15) is 18.8 Å². The standard InChI is InChI=1S/C18H18FNO5/c1-9-14(18(23)24-4)10(2)20-15(9)16(21)11(3)25-17(22)12-5-7-13(19)8-6-12/h5-8,11,20H,1-4H3. The van der Waals surface area contributed by atoms with Crippen LogP contribution in [0.25, 0.3) is 0 Å². The average molecular weight is 347 g/mol. The van der Waals surface area contributed by atoms with Gasteiger partial charge in [-0.25, -0.2) is 14.0 Å². The van der Waals surface area contributed by atoms with Crippen molar-refractivity contribution in [2.24, 2.45) is 0 Å². The summed E-state index contributed by atoms with van der Waals surface area (Å²) in [6.45, 7) is 4.68. The molecule has 0 bridgehead atoms. The number of aryl methyl sites for hydroxylation is 1. The van der Waals surface area contributed by atoms with Gasteiger partial charge in [-0.05, 0) is 50.6 Å². The van der Waals surface area contributed by atoms with Crippen molar-refractivity contribution in [3.8, 4) is 0 Å². The maximum atomic E-state index is 12.9. The van der Waals surface area contributed by atoms with Gasteiger partial charge in [0.25, 0.3) is 0 Å². The van der Waals surface area contributed by atoms with Crippen molar-refractivity contribution in [3.05, 3.63) is 58.2 Å². The number of benzene rings is 1. The number of H-pyrrole nitrogens is 1. The molecule has 1 unspecified atom stereocenters. The summed E-state index contributed by atoms with van der Waals surface area (Å²) >= 11 is 0. The molecule has 0 radical (unpaired) electrons. The zero-order chi connectivity index (χ0) is 18.7. The molecule has 0 aliphatic rings. The molecule has 0 aliphatic heterocycles. The lowest BCUT2D eigenvalue weighted by atomic mass is 10.1. The fourth-order valence-corrected chi connectivity index (χ4v) is 2.48. The summed E-state index contributed by atoms with van der Waals surface area (Å²) in [5.41, 5.74) is 1.51. The van der Waals surface area contributed by atoms with Crippen LogP contribution in [0.4, 0.5) is 4.39 Å². The quantitative estimate of drug-likeness (QED) is 0.664. The number of halogens is 1. The van der Waals surface area contributed by atoms with Crippen molar-refractivity contribution in [2.45, 2.75) is 26.9 Å². The van der Waals surface area contributed by atoms with Gasteiger partial charge in [0, 0.05) is 5.69 Å². The SMILES string of the molecule is COC(=O)c1c(C)[nH]c(C(=O)C(C)OC(=O)c2ccc(F)cc2)c1C. The Bertz CT molecular complexity index is 823. The van der Waals surface area contributed by atoms with E-state index in [4.69, 9.17) is 9.47 Å². The zero-order valence-electron chi connectivity index (χ0n) is 14.3. The van der Waals surface area contributed by atoms with Gasteiger partial charge in [0.15, 0.2) is 6.10 Å². The van der Waals surface area contributed by atoms with Gasteiger partial charge in [-0.15, -0.1) is 0 Å². The van der Waals surface area contributed by atoms with Crippen molar-refractivity contribution in [3.63, 3.8) is 0 Å². The minimum absolute atomic E-state index is 0.135. The van der Waals surface area contributed by atoms with E-state index in [1.54, 1.807) is 13.8 Å². The van der Waals surface area contributed by atoms with Crippen LogP contribution in [-0.4, -0.2) is 35.9 Å². The Morgan fingerprint density at radius 1 is 1.08 bits per heavy atom. The molecule has 132 valence electrons. The minimum Gasteiger partial charge on any atom is -0.465 e.